The van der Waals surface area contributed by atoms with E-state index in [0.29, 0.717) is 18.8 Å². The number of amides is 1. The monoisotopic (exact) mass is 446 g/mol. The summed E-state index contributed by atoms with van der Waals surface area (Å²) in [5, 5.41) is 2.53. The van der Waals surface area contributed by atoms with Crippen molar-refractivity contribution in [3.8, 4) is 0 Å². The molecule has 1 aliphatic heterocycles. The molecule has 3 rings (SSSR count). The Morgan fingerprint density at radius 2 is 1.71 bits per heavy atom. The van der Waals surface area contributed by atoms with Crippen LogP contribution in [0.5, 0.6) is 0 Å². The standard InChI is InChI=1S/C22H23FN2O5S/c23-20-7-3-2-6-17(20)8-13-22(27)30-16-21(26)24-18-9-11-19(12-10-18)31(28,29)25-14-4-1-5-15-25/h2-3,6-13H,1,4-5,14-16H2,(H,24,26)/b13-8+. The molecule has 0 unspecified atom stereocenters. The van der Waals surface area contributed by atoms with E-state index in [2.05, 4.69) is 5.32 Å². The fourth-order valence-corrected chi connectivity index (χ4v) is 4.63. The summed E-state index contributed by atoms with van der Waals surface area (Å²) >= 11 is 0. The van der Waals surface area contributed by atoms with Gasteiger partial charge in [0, 0.05) is 30.4 Å². The molecule has 9 heteroatoms. The molecule has 2 aromatic rings. The predicted octanol–water partition coefficient (Wildman–Crippen LogP) is 3.20. The number of rotatable bonds is 7. The van der Waals surface area contributed by atoms with Crippen molar-refractivity contribution in [1.82, 2.24) is 4.31 Å². The van der Waals surface area contributed by atoms with Crippen LogP contribution in [0.15, 0.2) is 59.5 Å². The van der Waals surface area contributed by atoms with Gasteiger partial charge in [0.25, 0.3) is 5.91 Å². The Balaban J connectivity index is 1.50. The van der Waals surface area contributed by atoms with Gasteiger partial charge in [-0.1, -0.05) is 24.6 Å². The molecule has 1 fully saturated rings. The lowest BCUT2D eigenvalue weighted by atomic mass is 10.2. The first-order valence-electron chi connectivity index (χ1n) is 9.86. The van der Waals surface area contributed by atoms with Gasteiger partial charge >= 0.3 is 5.97 Å². The third-order valence-electron chi connectivity index (χ3n) is 4.74. The summed E-state index contributed by atoms with van der Waals surface area (Å²) in [6.07, 6.45) is 5.02. The highest BCUT2D eigenvalue weighted by atomic mass is 32.2. The van der Waals surface area contributed by atoms with E-state index in [1.165, 1.54) is 52.8 Å². The van der Waals surface area contributed by atoms with Crippen LogP contribution in [0.2, 0.25) is 0 Å². The number of nitrogens with zero attached hydrogens (tertiary/aromatic N) is 1. The molecule has 1 N–H and O–H groups in total. The number of piperidine rings is 1. The third-order valence-corrected chi connectivity index (χ3v) is 6.65. The normalized spacial score (nSPS) is 15.0. The summed E-state index contributed by atoms with van der Waals surface area (Å²) in [5.74, 6) is -1.85. The number of nitrogens with one attached hydrogen (secondary N) is 1. The second kappa shape index (κ2) is 10.3. The number of ether oxygens (including phenoxy) is 1. The summed E-state index contributed by atoms with van der Waals surface area (Å²) < 4.78 is 45.1. The van der Waals surface area contributed by atoms with Gasteiger partial charge in [-0.3, -0.25) is 4.79 Å². The number of anilines is 1. The third kappa shape index (κ3) is 6.22. The van der Waals surface area contributed by atoms with Gasteiger partial charge in [-0.2, -0.15) is 4.31 Å². The molecule has 1 amide bonds. The van der Waals surface area contributed by atoms with Gasteiger partial charge in [0.1, 0.15) is 5.82 Å². The number of hydrogen-bond acceptors (Lipinski definition) is 5. The maximum atomic E-state index is 13.5. The van der Waals surface area contributed by atoms with Crippen LogP contribution in [0, 0.1) is 5.82 Å². The molecule has 164 valence electrons. The van der Waals surface area contributed by atoms with Crippen molar-refractivity contribution in [2.24, 2.45) is 0 Å². The summed E-state index contributed by atoms with van der Waals surface area (Å²) in [4.78, 5) is 23.8. The molecule has 0 spiro atoms. The van der Waals surface area contributed by atoms with Crippen LogP contribution in [0.3, 0.4) is 0 Å². The summed E-state index contributed by atoms with van der Waals surface area (Å²) in [5.41, 5.74) is 0.601. The lowest BCUT2D eigenvalue weighted by molar-refractivity contribution is -0.142. The minimum Gasteiger partial charge on any atom is -0.452 e. The molecule has 0 aliphatic carbocycles. The van der Waals surface area contributed by atoms with E-state index < -0.39 is 34.3 Å². The van der Waals surface area contributed by atoms with E-state index in [4.69, 9.17) is 4.74 Å². The lowest BCUT2D eigenvalue weighted by Crippen LogP contribution is -2.35. The highest BCUT2D eigenvalue weighted by Crippen LogP contribution is 2.22. The van der Waals surface area contributed by atoms with Crippen molar-refractivity contribution in [3.05, 3.63) is 66.0 Å². The maximum Gasteiger partial charge on any atom is 0.331 e. The van der Waals surface area contributed by atoms with Crippen molar-refractivity contribution in [1.29, 1.82) is 0 Å². The van der Waals surface area contributed by atoms with Gasteiger partial charge < -0.3 is 10.1 Å². The van der Waals surface area contributed by atoms with Crippen LogP contribution < -0.4 is 5.32 Å². The van der Waals surface area contributed by atoms with Crippen LogP contribution in [-0.2, 0) is 24.3 Å². The Hall–Kier alpha value is -3.04. The molecule has 1 aliphatic rings. The average molecular weight is 447 g/mol. The molecule has 0 atom stereocenters. The largest absolute Gasteiger partial charge is 0.452 e. The first kappa shape index (κ1) is 22.6. The highest BCUT2D eigenvalue weighted by Gasteiger charge is 2.25. The minimum absolute atomic E-state index is 0.164. The zero-order chi connectivity index (χ0) is 22.3. The van der Waals surface area contributed by atoms with Gasteiger partial charge in [-0.25, -0.2) is 17.6 Å². The Morgan fingerprint density at radius 3 is 2.39 bits per heavy atom. The Bertz CT molecular complexity index is 1060. The molecule has 0 aromatic heterocycles. The zero-order valence-corrected chi connectivity index (χ0v) is 17.6. The molecular formula is C22H23FN2O5S. The maximum absolute atomic E-state index is 13.5. The molecule has 0 bridgehead atoms. The van der Waals surface area contributed by atoms with E-state index in [-0.39, 0.29) is 10.5 Å². The zero-order valence-electron chi connectivity index (χ0n) is 16.8. The smallest absolute Gasteiger partial charge is 0.331 e. The highest BCUT2D eigenvalue weighted by molar-refractivity contribution is 7.89. The van der Waals surface area contributed by atoms with Crippen molar-refractivity contribution < 1.29 is 27.1 Å². The number of halogens is 1. The van der Waals surface area contributed by atoms with Crippen molar-refractivity contribution in [3.63, 3.8) is 0 Å². The predicted molar refractivity (Wildman–Crippen MR) is 114 cm³/mol. The number of carbonyl (C=O) groups is 2. The number of carbonyl (C=O) groups excluding carboxylic acids is 2. The van der Waals surface area contributed by atoms with Crippen LogP contribution in [0.25, 0.3) is 6.08 Å². The topological polar surface area (TPSA) is 92.8 Å². The van der Waals surface area contributed by atoms with Crippen molar-refractivity contribution in [2.45, 2.75) is 24.2 Å². The van der Waals surface area contributed by atoms with Gasteiger partial charge in [0.05, 0.1) is 4.90 Å². The molecule has 7 nitrogen and oxygen atoms in total. The van der Waals surface area contributed by atoms with Gasteiger partial charge in [0.2, 0.25) is 10.0 Å². The van der Waals surface area contributed by atoms with E-state index in [0.717, 1.165) is 25.3 Å². The van der Waals surface area contributed by atoms with Gasteiger partial charge in [-0.15, -0.1) is 0 Å². The molecule has 1 heterocycles. The molecule has 0 radical (unpaired) electrons. The quantitative estimate of drug-likeness (QED) is 0.521. The van der Waals surface area contributed by atoms with E-state index in [1.54, 1.807) is 6.07 Å². The van der Waals surface area contributed by atoms with Crippen LogP contribution in [0.4, 0.5) is 10.1 Å². The second-order valence-electron chi connectivity index (χ2n) is 7.00. The number of sulfonamides is 1. The van der Waals surface area contributed by atoms with Crippen LogP contribution in [-0.4, -0.2) is 44.3 Å². The van der Waals surface area contributed by atoms with Crippen LogP contribution >= 0.6 is 0 Å². The average Bonchev–Trinajstić information content (AvgIpc) is 2.78. The fraction of sp³-hybridized carbons (Fsp3) is 0.273. The van der Waals surface area contributed by atoms with E-state index in [1.807, 2.05) is 0 Å². The summed E-state index contributed by atoms with van der Waals surface area (Å²) in [7, 11) is -3.54. The summed E-state index contributed by atoms with van der Waals surface area (Å²) in [6, 6.07) is 11.8. The summed E-state index contributed by atoms with van der Waals surface area (Å²) in [6.45, 7) is 0.489. The second-order valence-corrected chi connectivity index (χ2v) is 8.94. The molecule has 31 heavy (non-hydrogen) atoms. The Labute approximate surface area is 180 Å². The van der Waals surface area contributed by atoms with Gasteiger partial charge in [-0.05, 0) is 49.2 Å². The Morgan fingerprint density at radius 1 is 1.03 bits per heavy atom. The number of hydrogen-bond donors (Lipinski definition) is 1. The SMILES string of the molecule is O=C(COC(=O)/C=C/c1ccccc1F)Nc1ccc(S(=O)(=O)N2CCCCC2)cc1. The fourth-order valence-electron chi connectivity index (χ4n) is 3.11. The molecular weight excluding hydrogens is 423 g/mol. The lowest BCUT2D eigenvalue weighted by Gasteiger charge is -2.25. The minimum atomic E-state index is -3.54. The van der Waals surface area contributed by atoms with E-state index >= 15 is 0 Å². The number of esters is 1. The molecule has 2 aromatic carbocycles. The van der Waals surface area contributed by atoms with E-state index in [9.17, 15) is 22.4 Å². The van der Waals surface area contributed by atoms with Gasteiger partial charge in [0.15, 0.2) is 6.61 Å². The first-order valence-corrected chi connectivity index (χ1v) is 11.3. The molecule has 0 saturated carbocycles. The Kier molecular flexibility index (Phi) is 7.54. The number of benzene rings is 2. The van der Waals surface area contributed by atoms with Crippen LogP contribution in [0.1, 0.15) is 24.8 Å². The first-order chi connectivity index (χ1) is 14.9. The van der Waals surface area contributed by atoms with Crippen molar-refractivity contribution >= 4 is 33.7 Å². The molecule has 1 saturated heterocycles. The van der Waals surface area contributed by atoms with Crippen molar-refractivity contribution in [2.75, 3.05) is 25.0 Å².